The van der Waals surface area contributed by atoms with Crippen molar-refractivity contribution in [1.82, 2.24) is 5.16 Å². The van der Waals surface area contributed by atoms with Gasteiger partial charge in [0.1, 0.15) is 23.9 Å². The van der Waals surface area contributed by atoms with Crippen LogP contribution in [0.3, 0.4) is 0 Å². The van der Waals surface area contributed by atoms with Crippen molar-refractivity contribution in [2.24, 2.45) is 0 Å². The molecule has 0 aliphatic heterocycles. The number of aromatic nitrogens is 1. The maximum absolute atomic E-state index is 13.4. The second kappa shape index (κ2) is 8.89. The fraction of sp³-hybridized carbons (Fsp3) is 0.238. The van der Waals surface area contributed by atoms with Crippen LogP contribution in [-0.4, -0.2) is 17.7 Å². The van der Waals surface area contributed by atoms with Gasteiger partial charge in [-0.05, 0) is 50.1 Å². The molecule has 0 atom stereocenters. The fourth-order valence-corrected chi connectivity index (χ4v) is 2.73. The van der Waals surface area contributed by atoms with Crippen LogP contribution < -0.4 is 14.8 Å². The molecule has 0 fully saturated rings. The van der Waals surface area contributed by atoms with Gasteiger partial charge in [-0.25, -0.2) is 4.39 Å². The number of hydrogen-bond donors (Lipinski definition) is 1. The molecule has 3 aromatic rings. The number of alkyl halides is 2. The maximum atomic E-state index is 13.4. The summed E-state index contributed by atoms with van der Waals surface area (Å²) < 4.78 is 53.7. The number of hydrogen-bond acceptors (Lipinski definition) is 5. The van der Waals surface area contributed by atoms with Gasteiger partial charge < -0.3 is 19.3 Å². The van der Waals surface area contributed by atoms with E-state index in [0.29, 0.717) is 17.1 Å². The summed E-state index contributed by atoms with van der Waals surface area (Å²) in [4.78, 5) is 12.7. The molecule has 0 radical (unpaired) electrons. The van der Waals surface area contributed by atoms with Crippen molar-refractivity contribution in [3.8, 4) is 11.5 Å². The van der Waals surface area contributed by atoms with Gasteiger partial charge in [0.05, 0.1) is 11.3 Å². The summed E-state index contributed by atoms with van der Waals surface area (Å²) >= 11 is 0. The number of nitrogens with zero attached hydrogens (tertiary/aromatic N) is 1. The predicted octanol–water partition coefficient (Wildman–Crippen LogP) is 5.17. The Kier molecular flexibility index (Phi) is 6.29. The Morgan fingerprint density at radius 3 is 2.63 bits per heavy atom. The zero-order valence-corrected chi connectivity index (χ0v) is 16.5. The van der Waals surface area contributed by atoms with E-state index in [1.165, 1.54) is 0 Å². The number of anilines is 1. The molecule has 9 heteroatoms. The quantitative estimate of drug-likeness (QED) is 0.571. The Labute approximate surface area is 170 Å². The van der Waals surface area contributed by atoms with Gasteiger partial charge in [-0.15, -0.1) is 0 Å². The molecule has 158 valence electrons. The second-order valence-corrected chi connectivity index (χ2v) is 6.60. The van der Waals surface area contributed by atoms with Crippen LogP contribution in [0.2, 0.25) is 0 Å². The molecule has 0 saturated carbocycles. The largest absolute Gasteiger partial charge is 0.488 e. The summed E-state index contributed by atoms with van der Waals surface area (Å²) in [6.07, 6.45) is 0. The standard InChI is InChI=1S/C21H19F3N2O4/c1-11-4-5-12(2)17(8-11)28-10-15-13(3)30-26-19(15)20(27)25-16-7-6-14(22)9-18(16)29-21(23)24/h4-9,21H,10H2,1-3H3,(H,25,27). The van der Waals surface area contributed by atoms with Crippen LogP contribution in [0, 0.1) is 26.6 Å². The highest BCUT2D eigenvalue weighted by molar-refractivity contribution is 6.04. The lowest BCUT2D eigenvalue weighted by Crippen LogP contribution is -2.17. The third-order valence-corrected chi connectivity index (χ3v) is 4.32. The molecule has 0 spiro atoms. The van der Waals surface area contributed by atoms with Crippen molar-refractivity contribution in [3.05, 3.63) is 70.4 Å². The van der Waals surface area contributed by atoms with Crippen molar-refractivity contribution in [3.63, 3.8) is 0 Å². The molecule has 1 N–H and O–H groups in total. The lowest BCUT2D eigenvalue weighted by atomic mass is 10.1. The van der Waals surface area contributed by atoms with Crippen molar-refractivity contribution in [1.29, 1.82) is 0 Å². The average molecular weight is 420 g/mol. The van der Waals surface area contributed by atoms with Gasteiger partial charge in [-0.2, -0.15) is 8.78 Å². The van der Waals surface area contributed by atoms with Crippen LogP contribution in [0.5, 0.6) is 11.5 Å². The molecule has 0 saturated heterocycles. The molecule has 2 aromatic carbocycles. The van der Waals surface area contributed by atoms with Gasteiger partial charge in [-0.1, -0.05) is 17.3 Å². The van der Waals surface area contributed by atoms with Crippen molar-refractivity contribution in [2.75, 3.05) is 5.32 Å². The van der Waals surface area contributed by atoms with Gasteiger partial charge in [-0.3, -0.25) is 4.79 Å². The monoisotopic (exact) mass is 420 g/mol. The number of rotatable bonds is 7. The van der Waals surface area contributed by atoms with Gasteiger partial charge in [0.2, 0.25) is 0 Å². The van der Waals surface area contributed by atoms with Crippen LogP contribution in [0.25, 0.3) is 0 Å². The van der Waals surface area contributed by atoms with Crippen LogP contribution in [0.4, 0.5) is 18.9 Å². The first-order chi connectivity index (χ1) is 14.2. The van der Waals surface area contributed by atoms with E-state index in [-0.39, 0.29) is 18.0 Å². The summed E-state index contributed by atoms with van der Waals surface area (Å²) in [7, 11) is 0. The van der Waals surface area contributed by atoms with Gasteiger partial charge >= 0.3 is 6.61 Å². The summed E-state index contributed by atoms with van der Waals surface area (Å²) in [6, 6.07) is 8.60. The van der Waals surface area contributed by atoms with Gasteiger partial charge in [0.25, 0.3) is 5.91 Å². The minimum atomic E-state index is -3.18. The Balaban J connectivity index is 1.81. The molecule has 0 unspecified atom stereocenters. The molecule has 3 rings (SSSR count). The highest BCUT2D eigenvalue weighted by Crippen LogP contribution is 2.28. The van der Waals surface area contributed by atoms with Crippen LogP contribution in [-0.2, 0) is 6.61 Å². The van der Waals surface area contributed by atoms with E-state index in [1.807, 2.05) is 32.0 Å². The number of aryl methyl sites for hydroxylation is 3. The number of halogens is 3. The van der Waals surface area contributed by atoms with E-state index in [4.69, 9.17) is 9.26 Å². The minimum absolute atomic E-state index is 0.00614. The number of carbonyl (C=O) groups is 1. The average Bonchev–Trinajstić information content (AvgIpc) is 3.05. The fourth-order valence-electron chi connectivity index (χ4n) is 2.73. The molecule has 30 heavy (non-hydrogen) atoms. The van der Waals surface area contributed by atoms with E-state index in [1.54, 1.807) is 6.92 Å². The van der Waals surface area contributed by atoms with E-state index < -0.39 is 24.1 Å². The third kappa shape index (κ3) is 4.91. The van der Waals surface area contributed by atoms with Crippen LogP contribution >= 0.6 is 0 Å². The molecular formula is C21H19F3N2O4. The summed E-state index contributed by atoms with van der Waals surface area (Å²) in [5.41, 5.74) is 2.11. The first-order valence-corrected chi connectivity index (χ1v) is 8.95. The highest BCUT2D eigenvalue weighted by Gasteiger charge is 2.22. The van der Waals surface area contributed by atoms with Gasteiger partial charge in [0, 0.05) is 6.07 Å². The Morgan fingerprint density at radius 2 is 1.90 bits per heavy atom. The van der Waals surface area contributed by atoms with E-state index >= 15 is 0 Å². The minimum Gasteiger partial charge on any atom is -0.488 e. The number of benzene rings is 2. The third-order valence-electron chi connectivity index (χ3n) is 4.32. The number of carbonyl (C=O) groups excluding carboxylic acids is 1. The zero-order valence-electron chi connectivity index (χ0n) is 16.5. The predicted molar refractivity (Wildman–Crippen MR) is 102 cm³/mol. The first-order valence-electron chi connectivity index (χ1n) is 8.95. The summed E-state index contributed by atoms with van der Waals surface area (Å²) in [6.45, 7) is 2.26. The number of ether oxygens (including phenoxy) is 2. The molecule has 1 aromatic heterocycles. The van der Waals surface area contributed by atoms with E-state index in [9.17, 15) is 18.0 Å². The van der Waals surface area contributed by atoms with Crippen molar-refractivity contribution < 1.29 is 32.0 Å². The molecule has 0 aliphatic rings. The van der Waals surface area contributed by atoms with E-state index in [0.717, 1.165) is 29.3 Å². The smallest absolute Gasteiger partial charge is 0.387 e. The first kappa shape index (κ1) is 21.2. The van der Waals surface area contributed by atoms with Crippen LogP contribution in [0.1, 0.15) is 32.9 Å². The van der Waals surface area contributed by atoms with Gasteiger partial charge in [0.15, 0.2) is 11.4 Å². The normalized spacial score (nSPS) is 10.9. The lowest BCUT2D eigenvalue weighted by Gasteiger charge is -2.12. The molecule has 6 nitrogen and oxygen atoms in total. The Morgan fingerprint density at radius 1 is 1.13 bits per heavy atom. The molecule has 1 heterocycles. The SMILES string of the molecule is Cc1ccc(C)c(OCc2c(C(=O)Nc3ccc(F)cc3OC(F)F)noc2C)c1. The number of amides is 1. The lowest BCUT2D eigenvalue weighted by molar-refractivity contribution is -0.0495. The topological polar surface area (TPSA) is 73.6 Å². The van der Waals surface area contributed by atoms with Crippen LogP contribution in [0.15, 0.2) is 40.9 Å². The summed E-state index contributed by atoms with van der Waals surface area (Å²) in [5, 5.41) is 6.13. The Hall–Kier alpha value is -3.49. The molecule has 0 bridgehead atoms. The van der Waals surface area contributed by atoms with Crippen molar-refractivity contribution in [2.45, 2.75) is 34.0 Å². The number of nitrogens with one attached hydrogen (secondary N) is 1. The van der Waals surface area contributed by atoms with Crippen molar-refractivity contribution >= 4 is 11.6 Å². The maximum Gasteiger partial charge on any atom is 0.387 e. The van der Waals surface area contributed by atoms with E-state index in [2.05, 4.69) is 15.2 Å². The summed E-state index contributed by atoms with van der Waals surface area (Å²) in [5.74, 6) is -1.02. The molecule has 1 amide bonds. The molecule has 0 aliphatic carbocycles. The Bertz CT molecular complexity index is 1070. The highest BCUT2D eigenvalue weighted by atomic mass is 19.3. The molecular weight excluding hydrogens is 401 g/mol. The zero-order chi connectivity index (χ0) is 21.8. The second-order valence-electron chi connectivity index (χ2n) is 6.60.